The van der Waals surface area contributed by atoms with Crippen LogP contribution in [0.25, 0.3) is 11.0 Å². The highest BCUT2D eigenvalue weighted by molar-refractivity contribution is 5.96. The smallest absolute Gasteiger partial charge is 0.349 e. The summed E-state index contributed by atoms with van der Waals surface area (Å²) in [5.41, 5.74) is 1.80. The summed E-state index contributed by atoms with van der Waals surface area (Å²) >= 11 is 0. The molecule has 4 rings (SSSR count). The normalized spacial score (nSPS) is 10.8. The lowest BCUT2D eigenvalue weighted by atomic mass is 10.2. The first kappa shape index (κ1) is 16.8. The van der Waals surface area contributed by atoms with E-state index in [4.69, 9.17) is 4.42 Å². The average molecular weight is 359 g/mol. The van der Waals surface area contributed by atoms with Gasteiger partial charge >= 0.3 is 5.63 Å². The fourth-order valence-electron chi connectivity index (χ4n) is 2.85. The molecule has 2 heterocycles. The summed E-state index contributed by atoms with van der Waals surface area (Å²) < 4.78 is 7.01. The van der Waals surface area contributed by atoms with Gasteiger partial charge in [-0.05, 0) is 17.7 Å². The van der Waals surface area contributed by atoms with Gasteiger partial charge in [0.25, 0.3) is 5.91 Å². The van der Waals surface area contributed by atoms with E-state index in [2.05, 4.69) is 10.4 Å². The number of carbonyl (C=O) groups is 1. The molecular formula is C21H17N3O3. The van der Waals surface area contributed by atoms with E-state index in [1.165, 1.54) is 0 Å². The Hall–Kier alpha value is -3.67. The summed E-state index contributed by atoms with van der Waals surface area (Å²) in [5, 5.41) is 7.76. The second kappa shape index (κ2) is 7.29. The van der Waals surface area contributed by atoms with Gasteiger partial charge in [0.1, 0.15) is 11.1 Å². The van der Waals surface area contributed by atoms with Crippen molar-refractivity contribution in [1.82, 2.24) is 15.1 Å². The molecule has 0 spiro atoms. The van der Waals surface area contributed by atoms with Crippen molar-refractivity contribution in [2.45, 2.75) is 13.1 Å². The molecule has 6 nitrogen and oxygen atoms in total. The number of fused-ring (bicyclic) bond motifs is 1. The zero-order chi connectivity index (χ0) is 18.6. The number of para-hydroxylation sites is 1. The minimum Gasteiger partial charge on any atom is -0.422 e. The van der Waals surface area contributed by atoms with Crippen molar-refractivity contribution in [2.24, 2.45) is 0 Å². The minimum atomic E-state index is -0.647. The topological polar surface area (TPSA) is 77.1 Å². The van der Waals surface area contributed by atoms with Crippen LogP contribution < -0.4 is 10.9 Å². The Balaban J connectivity index is 1.44. The van der Waals surface area contributed by atoms with Gasteiger partial charge in [0.15, 0.2) is 0 Å². The predicted molar refractivity (Wildman–Crippen MR) is 101 cm³/mol. The van der Waals surface area contributed by atoms with Gasteiger partial charge in [-0.1, -0.05) is 48.5 Å². The summed E-state index contributed by atoms with van der Waals surface area (Å²) in [5.74, 6) is -0.467. The summed E-state index contributed by atoms with van der Waals surface area (Å²) in [6.45, 7) is 0.933. The first-order chi connectivity index (χ1) is 13.2. The predicted octanol–water partition coefficient (Wildman–Crippen LogP) is 2.97. The number of amides is 1. The lowest BCUT2D eigenvalue weighted by Gasteiger charge is -2.04. The maximum Gasteiger partial charge on any atom is 0.349 e. The van der Waals surface area contributed by atoms with Crippen LogP contribution in [0.4, 0.5) is 0 Å². The monoisotopic (exact) mass is 359 g/mol. The van der Waals surface area contributed by atoms with E-state index in [1.54, 1.807) is 35.1 Å². The van der Waals surface area contributed by atoms with Crippen LogP contribution in [0.3, 0.4) is 0 Å². The largest absolute Gasteiger partial charge is 0.422 e. The second-order valence-electron chi connectivity index (χ2n) is 6.20. The highest BCUT2D eigenvalue weighted by Gasteiger charge is 2.13. The molecule has 0 atom stereocenters. The molecular weight excluding hydrogens is 342 g/mol. The Labute approximate surface area is 155 Å². The van der Waals surface area contributed by atoms with Gasteiger partial charge in [0.2, 0.25) is 0 Å². The number of benzene rings is 2. The van der Waals surface area contributed by atoms with Crippen molar-refractivity contribution in [3.8, 4) is 0 Å². The van der Waals surface area contributed by atoms with Gasteiger partial charge in [-0.2, -0.15) is 5.10 Å². The van der Waals surface area contributed by atoms with E-state index in [0.29, 0.717) is 17.5 Å². The fraction of sp³-hybridized carbons (Fsp3) is 0.0952. The van der Waals surface area contributed by atoms with Crippen LogP contribution >= 0.6 is 0 Å². The third-order valence-corrected chi connectivity index (χ3v) is 4.21. The molecule has 0 bridgehead atoms. The molecule has 4 aromatic rings. The van der Waals surface area contributed by atoms with Crippen molar-refractivity contribution >= 4 is 16.9 Å². The first-order valence-corrected chi connectivity index (χ1v) is 8.55. The molecule has 0 fully saturated rings. The number of carbonyl (C=O) groups excluding carboxylic acids is 1. The summed E-state index contributed by atoms with van der Waals surface area (Å²) in [4.78, 5) is 24.4. The minimum absolute atomic E-state index is 0.00891. The zero-order valence-corrected chi connectivity index (χ0v) is 14.5. The van der Waals surface area contributed by atoms with Crippen molar-refractivity contribution in [3.05, 3.63) is 100 Å². The number of nitrogens with one attached hydrogen (secondary N) is 1. The molecule has 0 aliphatic carbocycles. The number of nitrogens with zero attached hydrogens (tertiary/aromatic N) is 2. The van der Waals surface area contributed by atoms with Crippen LogP contribution in [-0.4, -0.2) is 15.7 Å². The lowest BCUT2D eigenvalue weighted by Crippen LogP contribution is -2.27. The lowest BCUT2D eigenvalue weighted by molar-refractivity contribution is 0.0947. The molecule has 134 valence electrons. The van der Waals surface area contributed by atoms with E-state index in [9.17, 15) is 9.59 Å². The van der Waals surface area contributed by atoms with E-state index in [-0.39, 0.29) is 12.1 Å². The Morgan fingerprint density at radius 3 is 2.67 bits per heavy atom. The van der Waals surface area contributed by atoms with E-state index >= 15 is 0 Å². The summed E-state index contributed by atoms with van der Waals surface area (Å²) in [7, 11) is 0. The molecule has 0 radical (unpaired) electrons. The Morgan fingerprint density at radius 2 is 1.81 bits per heavy atom. The maximum atomic E-state index is 12.4. The van der Waals surface area contributed by atoms with Crippen LogP contribution in [0.5, 0.6) is 0 Å². The van der Waals surface area contributed by atoms with Crippen molar-refractivity contribution in [3.63, 3.8) is 0 Å². The first-order valence-electron chi connectivity index (χ1n) is 8.55. The standard InChI is InChI=1S/C21H17N3O3/c25-20(18-10-17-8-4-5-9-19(17)27-21(18)26)22-11-16-12-23-24(14-16)13-15-6-2-1-3-7-15/h1-10,12,14H,11,13H2,(H,22,25). The van der Waals surface area contributed by atoms with Gasteiger partial charge < -0.3 is 9.73 Å². The van der Waals surface area contributed by atoms with E-state index in [0.717, 1.165) is 11.1 Å². The molecule has 0 aliphatic rings. The molecule has 2 aromatic heterocycles. The Morgan fingerprint density at radius 1 is 1.04 bits per heavy atom. The Kier molecular flexibility index (Phi) is 4.53. The molecule has 0 unspecified atom stereocenters. The molecule has 6 heteroatoms. The van der Waals surface area contributed by atoms with Crippen LogP contribution in [0.15, 0.2) is 82.3 Å². The third-order valence-electron chi connectivity index (χ3n) is 4.21. The number of hydrogen-bond acceptors (Lipinski definition) is 4. The maximum absolute atomic E-state index is 12.4. The van der Waals surface area contributed by atoms with Crippen LogP contribution in [0.1, 0.15) is 21.5 Å². The van der Waals surface area contributed by atoms with Gasteiger partial charge in [0.05, 0.1) is 12.7 Å². The summed E-state index contributed by atoms with van der Waals surface area (Å²) in [6.07, 6.45) is 3.57. The zero-order valence-electron chi connectivity index (χ0n) is 14.5. The van der Waals surface area contributed by atoms with Gasteiger partial charge in [-0.15, -0.1) is 0 Å². The van der Waals surface area contributed by atoms with Crippen molar-refractivity contribution in [2.75, 3.05) is 0 Å². The second-order valence-corrected chi connectivity index (χ2v) is 6.20. The Bertz CT molecular complexity index is 1150. The van der Waals surface area contributed by atoms with Crippen LogP contribution in [0.2, 0.25) is 0 Å². The molecule has 2 aromatic carbocycles. The fourth-order valence-corrected chi connectivity index (χ4v) is 2.85. The molecule has 27 heavy (non-hydrogen) atoms. The number of hydrogen-bond donors (Lipinski definition) is 1. The SMILES string of the molecule is O=C(NCc1cnn(Cc2ccccc2)c1)c1cc2ccccc2oc1=O. The average Bonchev–Trinajstić information content (AvgIpc) is 3.13. The molecule has 0 aliphatic heterocycles. The summed E-state index contributed by atoms with van der Waals surface area (Å²) in [6, 6.07) is 18.6. The molecule has 1 N–H and O–H groups in total. The van der Waals surface area contributed by atoms with Gasteiger partial charge in [-0.3, -0.25) is 9.48 Å². The van der Waals surface area contributed by atoms with Crippen LogP contribution in [0, 0.1) is 0 Å². The van der Waals surface area contributed by atoms with Gasteiger partial charge in [-0.25, -0.2) is 4.79 Å². The molecule has 0 saturated carbocycles. The molecule has 1 amide bonds. The van der Waals surface area contributed by atoms with Crippen LogP contribution in [-0.2, 0) is 13.1 Å². The van der Waals surface area contributed by atoms with E-state index in [1.807, 2.05) is 42.6 Å². The quantitative estimate of drug-likeness (QED) is 0.556. The number of rotatable bonds is 5. The van der Waals surface area contributed by atoms with Crippen molar-refractivity contribution < 1.29 is 9.21 Å². The van der Waals surface area contributed by atoms with E-state index < -0.39 is 11.5 Å². The van der Waals surface area contributed by atoms with Crippen molar-refractivity contribution in [1.29, 1.82) is 0 Å². The van der Waals surface area contributed by atoms with Gasteiger partial charge in [0, 0.05) is 23.7 Å². The highest BCUT2D eigenvalue weighted by Crippen LogP contribution is 2.12. The molecule has 0 saturated heterocycles. The number of aromatic nitrogens is 2. The third kappa shape index (κ3) is 3.79. The highest BCUT2D eigenvalue weighted by atomic mass is 16.4.